The molecule has 206 valence electrons. The van der Waals surface area contributed by atoms with Crippen molar-refractivity contribution >= 4 is 35.5 Å². The van der Waals surface area contributed by atoms with Gasteiger partial charge in [0, 0.05) is 54.8 Å². The van der Waals surface area contributed by atoms with Gasteiger partial charge in [-0.3, -0.25) is 9.20 Å². The van der Waals surface area contributed by atoms with E-state index in [-0.39, 0.29) is 35.5 Å². The Morgan fingerprint density at radius 2 is 2.03 bits per heavy atom. The summed E-state index contributed by atoms with van der Waals surface area (Å²) < 4.78 is 35.6. The van der Waals surface area contributed by atoms with E-state index < -0.39 is 17.7 Å². The zero-order valence-electron chi connectivity index (χ0n) is 21.4. The smallest absolute Gasteiger partial charge is 0.251 e. The molecule has 1 fully saturated rings. The number of amides is 1. The number of aromatic nitrogens is 3. The summed E-state index contributed by atoms with van der Waals surface area (Å²) in [6.07, 6.45) is 4.76. The van der Waals surface area contributed by atoms with E-state index >= 15 is 0 Å². The summed E-state index contributed by atoms with van der Waals surface area (Å²) in [5.74, 6) is -2.08. The van der Waals surface area contributed by atoms with Crippen molar-refractivity contribution in [1.29, 1.82) is 0 Å². The Kier molecular flexibility index (Phi) is 8.63. The summed E-state index contributed by atoms with van der Waals surface area (Å²) in [4.78, 5) is 21.6. The topological polar surface area (TPSA) is 113 Å². The van der Waals surface area contributed by atoms with Gasteiger partial charge in [0.15, 0.2) is 23.0 Å². The average Bonchev–Trinajstić information content (AvgIpc) is 3.55. The number of nitrogens with zero attached hydrogens (tertiary/aromatic N) is 3. The Morgan fingerprint density at radius 1 is 1.21 bits per heavy atom. The number of ether oxygens (including phenoxy) is 1. The lowest BCUT2D eigenvalue weighted by Crippen LogP contribution is -2.34. The highest BCUT2D eigenvalue weighted by atomic mass is 35.5. The Hall–Kier alpha value is -3.80. The molecule has 2 aromatic carbocycles. The second-order valence-electron chi connectivity index (χ2n) is 9.10. The van der Waals surface area contributed by atoms with E-state index in [0.717, 1.165) is 5.56 Å². The lowest BCUT2D eigenvalue weighted by molar-refractivity contribution is 0.0926. The van der Waals surface area contributed by atoms with Crippen molar-refractivity contribution in [3.63, 3.8) is 0 Å². The quantitative estimate of drug-likeness (QED) is 0.261. The highest BCUT2D eigenvalue weighted by molar-refractivity contribution is 5.96. The fraction of sp³-hybridized carbons (Fsp3) is 0.296. The van der Waals surface area contributed by atoms with Crippen molar-refractivity contribution < 1.29 is 23.4 Å². The molecule has 0 saturated carbocycles. The molecular weight excluding hydrogens is 530 g/mol. The molecular formula is C27H29ClF2N6O3. The lowest BCUT2D eigenvalue weighted by Gasteiger charge is -2.16. The molecule has 0 aliphatic carbocycles. The number of benzene rings is 2. The van der Waals surface area contributed by atoms with Gasteiger partial charge in [0.05, 0.1) is 25.1 Å². The third-order valence-electron chi connectivity index (χ3n) is 6.79. The van der Waals surface area contributed by atoms with E-state index in [1.54, 1.807) is 22.7 Å². The summed E-state index contributed by atoms with van der Waals surface area (Å²) >= 11 is 0. The summed E-state index contributed by atoms with van der Waals surface area (Å²) in [5.41, 5.74) is 2.90. The van der Waals surface area contributed by atoms with E-state index in [4.69, 9.17) is 4.74 Å². The second-order valence-corrected chi connectivity index (χ2v) is 9.10. The normalized spacial score (nSPS) is 16.6. The number of hydrogen-bond donors (Lipinski definition) is 4. The third-order valence-corrected chi connectivity index (χ3v) is 6.79. The van der Waals surface area contributed by atoms with Crippen LogP contribution in [0.1, 0.15) is 22.8 Å². The molecule has 4 N–H and O–H groups in total. The molecule has 5 rings (SSSR count). The first kappa shape index (κ1) is 28.2. The van der Waals surface area contributed by atoms with Gasteiger partial charge in [0.2, 0.25) is 5.82 Å². The van der Waals surface area contributed by atoms with Crippen molar-refractivity contribution in [2.75, 3.05) is 32.1 Å². The SMILES string of the molecule is CCc1cc(Nc2nccn3c(-c4ccc(OC)c(F)c4F)cnc23)ccc1C(=O)NC[C@@H]1CNC[C@@H]1O.Cl. The monoisotopic (exact) mass is 558 g/mol. The molecule has 0 spiro atoms. The fourth-order valence-electron chi connectivity index (χ4n) is 4.66. The molecule has 0 radical (unpaired) electrons. The van der Waals surface area contributed by atoms with Gasteiger partial charge < -0.3 is 25.8 Å². The van der Waals surface area contributed by atoms with Crippen LogP contribution in [0.4, 0.5) is 20.3 Å². The molecule has 1 aliphatic rings. The van der Waals surface area contributed by atoms with Crippen LogP contribution < -0.4 is 20.7 Å². The summed E-state index contributed by atoms with van der Waals surface area (Å²) in [6.45, 7) is 3.55. The third kappa shape index (κ3) is 5.51. The molecule has 12 heteroatoms. The van der Waals surface area contributed by atoms with E-state index in [2.05, 4.69) is 25.9 Å². The van der Waals surface area contributed by atoms with Crippen LogP contribution in [-0.4, -0.2) is 58.2 Å². The zero-order valence-corrected chi connectivity index (χ0v) is 22.2. The summed E-state index contributed by atoms with van der Waals surface area (Å²) in [7, 11) is 1.28. The highest BCUT2D eigenvalue weighted by Crippen LogP contribution is 2.31. The fourth-order valence-corrected chi connectivity index (χ4v) is 4.66. The minimum absolute atomic E-state index is 0. The second kappa shape index (κ2) is 11.9. The number of rotatable bonds is 8. The summed E-state index contributed by atoms with van der Waals surface area (Å²) in [5, 5.41) is 19.2. The predicted octanol–water partition coefficient (Wildman–Crippen LogP) is 3.72. The van der Waals surface area contributed by atoms with Gasteiger partial charge in [-0.05, 0) is 42.3 Å². The molecule has 0 unspecified atom stereocenters. The standard InChI is InChI=1S/C27H28F2N6O3.ClH/c1-3-15-10-17(4-5-18(15)27(37)33-12-16-11-30-14-21(16)36)34-25-26-32-13-20(35(26)9-8-31-25)19-6-7-22(38-2)24(29)23(19)28;/h4-10,13,16,21,30,36H,3,11-12,14H2,1-2H3,(H,31,34)(H,33,37);1H/t16-,21-;/m0./s1. The van der Waals surface area contributed by atoms with Gasteiger partial charge in [0.25, 0.3) is 5.91 Å². The largest absolute Gasteiger partial charge is 0.494 e. The first-order chi connectivity index (χ1) is 18.4. The maximum absolute atomic E-state index is 14.8. The Balaban J connectivity index is 0.00000353. The van der Waals surface area contributed by atoms with Crippen LogP contribution in [0.25, 0.3) is 16.9 Å². The predicted molar refractivity (Wildman–Crippen MR) is 146 cm³/mol. The zero-order chi connectivity index (χ0) is 26.8. The van der Waals surface area contributed by atoms with Gasteiger partial charge in [-0.25, -0.2) is 14.4 Å². The van der Waals surface area contributed by atoms with Gasteiger partial charge in [-0.1, -0.05) is 6.92 Å². The number of β-amino-alcohol motifs (C(OH)–C–C–N with tert-alkyl or cyclic N) is 1. The number of fused-ring (bicyclic) bond motifs is 1. The molecule has 4 aromatic rings. The molecule has 1 amide bonds. The number of nitrogens with one attached hydrogen (secondary N) is 3. The van der Waals surface area contributed by atoms with Gasteiger partial charge in [0.1, 0.15) is 0 Å². The number of aryl methyl sites for hydroxylation is 1. The number of anilines is 2. The first-order valence-electron chi connectivity index (χ1n) is 12.3. The first-order valence-corrected chi connectivity index (χ1v) is 12.3. The highest BCUT2D eigenvalue weighted by Gasteiger charge is 2.25. The van der Waals surface area contributed by atoms with E-state index in [1.165, 1.54) is 31.6 Å². The van der Waals surface area contributed by atoms with Crippen LogP contribution in [0.3, 0.4) is 0 Å². The average molecular weight is 559 g/mol. The Labute approximate surface area is 230 Å². The van der Waals surface area contributed by atoms with E-state index in [1.807, 2.05) is 13.0 Å². The number of aliphatic hydroxyl groups is 1. The summed E-state index contributed by atoms with van der Waals surface area (Å²) in [6, 6.07) is 8.19. The Bertz CT molecular complexity index is 1500. The van der Waals surface area contributed by atoms with Crippen LogP contribution in [-0.2, 0) is 6.42 Å². The van der Waals surface area contributed by atoms with Gasteiger partial charge in [-0.15, -0.1) is 12.4 Å². The van der Waals surface area contributed by atoms with Crippen LogP contribution >= 0.6 is 12.4 Å². The molecule has 9 nitrogen and oxygen atoms in total. The number of carbonyl (C=O) groups is 1. The van der Waals surface area contributed by atoms with Crippen LogP contribution in [0.2, 0.25) is 0 Å². The number of carbonyl (C=O) groups excluding carboxylic acids is 1. The molecule has 1 aliphatic heterocycles. The van der Waals surface area contributed by atoms with Crippen LogP contribution in [0.15, 0.2) is 48.9 Å². The molecule has 2 aromatic heterocycles. The molecule has 3 heterocycles. The van der Waals surface area contributed by atoms with Gasteiger partial charge >= 0.3 is 0 Å². The van der Waals surface area contributed by atoms with Crippen molar-refractivity contribution in [2.45, 2.75) is 19.4 Å². The molecule has 2 atom stereocenters. The molecule has 0 bridgehead atoms. The minimum Gasteiger partial charge on any atom is -0.494 e. The number of hydrogen-bond acceptors (Lipinski definition) is 7. The number of aliphatic hydroxyl groups excluding tert-OH is 1. The van der Waals surface area contributed by atoms with Crippen molar-refractivity contribution in [2.24, 2.45) is 5.92 Å². The van der Waals surface area contributed by atoms with E-state index in [9.17, 15) is 18.7 Å². The van der Waals surface area contributed by atoms with Crippen molar-refractivity contribution in [1.82, 2.24) is 25.0 Å². The minimum atomic E-state index is -1.07. The maximum atomic E-state index is 14.8. The van der Waals surface area contributed by atoms with Crippen molar-refractivity contribution in [3.05, 3.63) is 71.7 Å². The number of halogens is 3. The van der Waals surface area contributed by atoms with Crippen LogP contribution in [0, 0.1) is 17.6 Å². The molecule has 39 heavy (non-hydrogen) atoms. The molecule has 1 saturated heterocycles. The van der Waals surface area contributed by atoms with E-state index in [0.29, 0.717) is 54.5 Å². The Morgan fingerprint density at radius 3 is 2.74 bits per heavy atom. The van der Waals surface area contributed by atoms with Gasteiger partial charge in [-0.2, -0.15) is 4.39 Å². The lowest BCUT2D eigenvalue weighted by atomic mass is 10.0. The maximum Gasteiger partial charge on any atom is 0.251 e. The number of methoxy groups -OCH3 is 1. The number of imidazole rings is 1. The van der Waals surface area contributed by atoms with Crippen molar-refractivity contribution in [3.8, 4) is 17.0 Å². The van der Waals surface area contributed by atoms with Crippen LogP contribution in [0.5, 0.6) is 5.75 Å².